The summed E-state index contributed by atoms with van der Waals surface area (Å²) < 4.78 is 0. The molecule has 1 atom stereocenters. The number of carboxylic acid groups (broad SMARTS) is 1. The number of carbonyl (C=O) groups is 4. The van der Waals surface area contributed by atoms with Gasteiger partial charge in [-0.3, -0.25) is 19.2 Å². The van der Waals surface area contributed by atoms with E-state index in [0.29, 0.717) is 6.54 Å². The molecule has 8 heteroatoms. The van der Waals surface area contributed by atoms with Crippen molar-refractivity contribution in [2.45, 2.75) is 51.5 Å². The lowest BCUT2D eigenvalue weighted by molar-refractivity contribution is -0.137. The Morgan fingerprint density at radius 2 is 1.48 bits per heavy atom. The van der Waals surface area contributed by atoms with Crippen molar-refractivity contribution >= 4 is 23.6 Å². The minimum absolute atomic E-state index is 0.0393. The lowest BCUT2D eigenvalue weighted by Crippen LogP contribution is -2.32. The fraction of sp³-hybridized carbons (Fsp3) is 0.733. The minimum Gasteiger partial charge on any atom is -0.481 e. The third kappa shape index (κ3) is 12.3. The van der Waals surface area contributed by atoms with Crippen LogP contribution in [-0.2, 0) is 19.2 Å². The van der Waals surface area contributed by atoms with Crippen LogP contribution < -0.4 is 16.0 Å². The predicted octanol–water partition coefficient (Wildman–Crippen LogP) is -0.179. The largest absolute Gasteiger partial charge is 0.481 e. The molecule has 2 amide bonds. The molecule has 0 aromatic rings. The van der Waals surface area contributed by atoms with Gasteiger partial charge >= 0.3 is 5.97 Å². The van der Waals surface area contributed by atoms with Gasteiger partial charge in [-0.2, -0.15) is 0 Å². The zero-order valence-electron chi connectivity index (χ0n) is 13.8. The Morgan fingerprint density at radius 1 is 0.913 bits per heavy atom. The average Bonchev–Trinajstić information content (AvgIpc) is 2.48. The topological polar surface area (TPSA) is 125 Å². The van der Waals surface area contributed by atoms with Crippen molar-refractivity contribution in [1.82, 2.24) is 16.0 Å². The number of unbranched alkanes of at least 4 members (excludes halogenated alkanes) is 1. The zero-order valence-corrected chi connectivity index (χ0v) is 13.8. The van der Waals surface area contributed by atoms with Crippen LogP contribution in [0.5, 0.6) is 0 Å². The molecule has 0 spiro atoms. The summed E-state index contributed by atoms with van der Waals surface area (Å²) in [5, 5.41) is 16.5. The SMILES string of the molecule is CNC(CCCCNC(=O)CCC(=O)NCCC(=O)O)C(C)=O. The van der Waals surface area contributed by atoms with Gasteiger partial charge in [0.2, 0.25) is 11.8 Å². The van der Waals surface area contributed by atoms with Crippen LogP contribution in [0.25, 0.3) is 0 Å². The Balaban J connectivity index is 3.62. The van der Waals surface area contributed by atoms with Gasteiger partial charge in [-0.25, -0.2) is 0 Å². The maximum atomic E-state index is 11.5. The number of hydrogen-bond donors (Lipinski definition) is 4. The summed E-state index contributed by atoms with van der Waals surface area (Å²) in [6, 6.07) is -0.139. The first-order valence-electron chi connectivity index (χ1n) is 7.79. The molecule has 0 heterocycles. The summed E-state index contributed by atoms with van der Waals surface area (Å²) >= 11 is 0. The maximum absolute atomic E-state index is 11.5. The molecule has 132 valence electrons. The maximum Gasteiger partial charge on any atom is 0.305 e. The molecule has 0 fully saturated rings. The molecule has 8 nitrogen and oxygen atoms in total. The van der Waals surface area contributed by atoms with E-state index in [9.17, 15) is 19.2 Å². The molecule has 0 aliphatic heterocycles. The number of aliphatic carboxylic acids is 1. The first-order valence-corrected chi connectivity index (χ1v) is 7.79. The lowest BCUT2D eigenvalue weighted by Gasteiger charge is -2.12. The second-order valence-electron chi connectivity index (χ2n) is 5.29. The van der Waals surface area contributed by atoms with E-state index in [4.69, 9.17) is 5.11 Å². The molecule has 23 heavy (non-hydrogen) atoms. The number of carbonyl (C=O) groups excluding carboxylic acids is 3. The molecule has 0 bridgehead atoms. The molecule has 0 aromatic heterocycles. The number of ketones is 1. The van der Waals surface area contributed by atoms with Crippen LogP contribution in [0.2, 0.25) is 0 Å². The highest BCUT2D eigenvalue weighted by Gasteiger charge is 2.10. The van der Waals surface area contributed by atoms with Crippen LogP contribution in [0.3, 0.4) is 0 Å². The number of carboxylic acids is 1. The Hall–Kier alpha value is -1.96. The standard InChI is InChI=1S/C15H27N3O5/c1-11(19)12(16-2)5-3-4-9-17-13(20)6-7-14(21)18-10-8-15(22)23/h12,16H,3-10H2,1-2H3,(H,17,20)(H,18,21)(H,22,23). The molecule has 0 aromatic carbocycles. The predicted molar refractivity (Wildman–Crippen MR) is 84.9 cm³/mol. The van der Waals surface area contributed by atoms with Crippen molar-refractivity contribution in [2.75, 3.05) is 20.1 Å². The van der Waals surface area contributed by atoms with Gasteiger partial charge in [-0.15, -0.1) is 0 Å². The fourth-order valence-corrected chi connectivity index (χ4v) is 1.96. The van der Waals surface area contributed by atoms with Crippen LogP contribution in [0.4, 0.5) is 0 Å². The normalized spacial score (nSPS) is 11.6. The summed E-state index contributed by atoms with van der Waals surface area (Å²) in [6.45, 7) is 2.12. The van der Waals surface area contributed by atoms with E-state index in [1.807, 2.05) is 0 Å². The number of Topliss-reactive ketones (excluding diaryl/α,β-unsaturated/α-hetero) is 1. The van der Waals surface area contributed by atoms with Crippen LogP contribution in [0.15, 0.2) is 0 Å². The van der Waals surface area contributed by atoms with E-state index < -0.39 is 5.97 Å². The van der Waals surface area contributed by atoms with Crippen LogP contribution >= 0.6 is 0 Å². The van der Waals surface area contributed by atoms with E-state index in [1.165, 1.54) is 0 Å². The summed E-state index contributed by atoms with van der Waals surface area (Å²) in [5.41, 5.74) is 0. The summed E-state index contributed by atoms with van der Waals surface area (Å²) in [7, 11) is 1.75. The second-order valence-corrected chi connectivity index (χ2v) is 5.29. The highest BCUT2D eigenvalue weighted by molar-refractivity contribution is 5.83. The quantitative estimate of drug-likeness (QED) is 0.347. The first kappa shape index (κ1) is 21.0. The molecular weight excluding hydrogens is 302 g/mol. The van der Waals surface area contributed by atoms with E-state index in [2.05, 4.69) is 16.0 Å². The smallest absolute Gasteiger partial charge is 0.305 e. The number of amides is 2. The third-order valence-electron chi connectivity index (χ3n) is 3.32. The van der Waals surface area contributed by atoms with Crippen LogP contribution in [0, 0.1) is 0 Å². The number of hydrogen-bond acceptors (Lipinski definition) is 5. The fourth-order valence-electron chi connectivity index (χ4n) is 1.96. The van der Waals surface area contributed by atoms with E-state index in [1.54, 1.807) is 14.0 Å². The van der Waals surface area contributed by atoms with Gasteiger partial charge in [0.15, 0.2) is 0 Å². The molecule has 0 aliphatic rings. The second kappa shape index (κ2) is 12.6. The lowest BCUT2D eigenvalue weighted by atomic mass is 10.1. The van der Waals surface area contributed by atoms with Crippen molar-refractivity contribution in [3.05, 3.63) is 0 Å². The van der Waals surface area contributed by atoms with E-state index in [-0.39, 0.29) is 49.4 Å². The van der Waals surface area contributed by atoms with Gasteiger partial charge in [0.1, 0.15) is 5.78 Å². The van der Waals surface area contributed by atoms with Gasteiger partial charge in [-0.05, 0) is 33.2 Å². The highest BCUT2D eigenvalue weighted by atomic mass is 16.4. The van der Waals surface area contributed by atoms with Crippen molar-refractivity contribution in [3.63, 3.8) is 0 Å². The molecule has 0 saturated heterocycles. The molecular formula is C15H27N3O5. The van der Waals surface area contributed by atoms with Gasteiger partial charge in [0, 0.05) is 25.9 Å². The van der Waals surface area contributed by atoms with E-state index >= 15 is 0 Å². The Kier molecular flexibility index (Phi) is 11.5. The van der Waals surface area contributed by atoms with Gasteiger partial charge < -0.3 is 21.1 Å². The number of likely N-dealkylation sites (N-methyl/N-ethyl adjacent to an activating group) is 1. The number of rotatable bonds is 13. The molecule has 0 radical (unpaired) electrons. The van der Waals surface area contributed by atoms with Crippen molar-refractivity contribution in [2.24, 2.45) is 0 Å². The van der Waals surface area contributed by atoms with Crippen molar-refractivity contribution in [1.29, 1.82) is 0 Å². The Bertz CT molecular complexity index is 412. The molecule has 1 unspecified atom stereocenters. The zero-order chi connectivity index (χ0) is 17.7. The molecule has 0 saturated carbocycles. The van der Waals surface area contributed by atoms with Gasteiger partial charge in [0.25, 0.3) is 0 Å². The van der Waals surface area contributed by atoms with Crippen molar-refractivity contribution in [3.8, 4) is 0 Å². The summed E-state index contributed by atoms with van der Waals surface area (Å²) in [6.07, 6.45) is 2.30. The van der Waals surface area contributed by atoms with Crippen LogP contribution in [-0.4, -0.2) is 54.9 Å². The van der Waals surface area contributed by atoms with Crippen molar-refractivity contribution < 1.29 is 24.3 Å². The molecule has 0 aliphatic carbocycles. The highest BCUT2D eigenvalue weighted by Crippen LogP contribution is 2.01. The molecule has 0 rings (SSSR count). The van der Waals surface area contributed by atoms with E-state index in [0.717, 1.165) is 19.3 Å². The third-order valence-corrected chi connectivity index (χ3v) is 3.32. The number of nitrogens with one attached hydrogen (secondary N) is 3. The first-order chi connectivity index (χ1) is 10.9. The summed E-state index contributed by atoms with van der Waals surface area (Å²) in [4.78, 5) is 44.4. The van der Waals surface area contributed by atoms with Gasteiger partial charge in [-0.1, -0.05) is 0 Å². The summed E-state index contributed by atoms with van der Waals surface area (Å²) in [5.74, 6) is -1.42. The monoisotopic (exact) mass is 329 g/mol. The Labute approximate surface area is 136 Å². The Morgan fingerprint density at radius 3 is 1.96 bits per heavy atom. The average molecular weight is 329 g/mol. The molecule has 4 N–H and O–H groups in total. The van der Waals surface area contributed by atoms with Crippen LogP contribution in [0.1, 0.15) is 45.4 Å². The van der Waals surface area contributed by atoms with Gasteiger partial charge in [0.05, 0.1) is 12.5 Å². The minimum atomic E-state index is -0.978.